The Morgan fingerprint density at radius 3 is 2.85 bits per heavy atom. The molecule has 2 N–H and O–H groups in total. The van der Waals surface area contributed by atoms with Crippen LogP contribution < -0.4 is 10.6 Å². The van der Waals surface area contributed by atoms with Crippen molar-refractivity contribution in [1.82, 2.24) is 5.32 Å². The lowest BCUT2D eigenvalue weighted by molar-refractivity contribution is -0.130. The molecule has 2 amide bonds. The smallest absolute Gasteiger partial charge is 0.338 e. The third-order valence-corrected chi connectivity index (χ3v) is 6.24. The predicted octanol–water partition coefficient (Wildman–Crippen LogP) is 3.36. The quantitative estimate of drug-likeness (QED) is 0.770. The van der Waals surface area contributed by atoms with Crippen LogP contribution in [0.3, 0.4) is 0 Å². The van der Waals surface area contributed by atoms with Crippen LogP contribution in [0.15, 0.2) is 23.1 Å². The van der Waals surface area contributed by atoms with E-state index < -0.39 is 12.1 Å². The van der Waals surface area contributed by atoms with Gasteiger partial charge < -0.3 is 15.4 Å². The molecule has 1 fully saturated rings. The van der Waals surface area contributed by atoms with Crippen LogP contribution in [0.25, 0.3) is 0 Å². The average Bonchev–Trinajstić information content (AvgIpc) is 2.83. The summed E-state index contributed by atoms with van der Waals surface area (Å²) in [7, 11) is 0. The maximum Gasteiger partial charge on any atom is 0.338 e. The number of thioether (sulfide) groups is 1. The van der Waals surface area contributed by atoms with Crippen LogP contribution in [0.5, 0.6) is 0 Å². The first kappa shape index (κ1) is 19.7. The summed E-state index contributed by atoms with van der Waals surface area (Å²) < 4.78 is 5.35. The second-order valence-corrected chi connectivity index (χ2v) is 8.42. The zero-order valence-corrected chi connectivity index (χ0v) is 16.6. The Morgan fingerprint density at radius 1 is 1.30 bits per heavy atom. The number of carbonyl (C=O) groups is 3. The van der Waals surface area contributed by atoms with Gasteiger partial charge in [-0.2, -0.15) is 0 Å². The van der Waals surface area contributed by atoms with Crippen LogP contribution in [0.2, 0.25) is 0 Å². The van der Waals surface area contributed by atoms with Gasteiger partial charge >= 0.3 is 5.97 Å². The Hall–Kier alpha value is -2.02. The van der Waals surface area contributed by atoms with Gasteiger partial charge in [0.05, 0.1) is 11.3 Å². The molecule has 1 aromatic carbocycles. The fourth-order valence-electron chi connectivity index (χ4n) is 3.46. The summed E-state index contributed by atoms with van der Waals surface area (Å²) >= 11 is 1.57. The number of anilines is 1. The van der Waals surface area contributed by atoms with Gasteiger partial charge in [-0.3, -0.25) is 9.59 Å². The summed E-state index contributed by atoms with van der Waals surface area (Å²) in [5.74, 6) is 0.248. The van der Waals surface area contributed by atoms with E-state index in [1.54, 1.807) is 36.9 Å². The van der Waals surface area contributed by atoms with Crippen molar-refractivity contribution < 1.29 is 19.1 Å². The lowest BCUT2D eigenvalue weighted by Gasteiger charge is -2.30. The molecular weight excluding hydrogens is 364 g/mol. The van der Waals surface area contributed by atoms with Crippen LogP contribution in [-0.4, -0.2) is 35.7 Å². The molecule has 1 aliphatic carbocycles. The van der Waals surface area contributed by atoms with Crippen LogP contribution in [-0.2, 0) is 14.3 Å². The molecule has 3 atom stereocenters. The number of esters is 1. The van der Waals surface area contributed by atoms with E-state index in [-0.39, 0.29) is 17.9 Å². The van der Waals surface area contributed by atoms with Crippen molar-refractivity contribution >= 4 is 35.2 Å². The van der Waals surface area contributed by atoms with E-state index in [2.05, 4.69) is 17.6 Å². The Labute approximate surface area is 163 Å². The van der Waals surface area contributed by atoms with Crippen molar-refractivity contribution in [2.24, 2.45) is 5.92 Å². The maximum atomic E-state index is 12.4. The summed E-state index contributed by atoms with van der Waals surface area (Å²) in [6.45, 7) is 3.73. The van der Waals surface area contributed by atoms with Gasteiger partial charge in [-0.1, -0.05) is 19.8 Å². The summed E-state index contributed by atoms with van der Waals surface area (Å²) in [4.78, 5) is 37.5. The largest absolute Gasteiger partial charge is 0.449 e. The molecule has 0 bridgehead atoms. The Morgan fingerprint density at radius 2 is 2.07 bits per heavy atom. The van der Waals surface area contributed by atoms with Crippen molar-refractivity contribution in [2.45, 2.75) is 63.0 Å². The first-order chi connectivity index (χ1) is 12.9. The molecule has 0 aromatic heterocycles. The molecule has 2 aliphatic rings. The molecule has 1 aromatic rings. The number of fused-ring (bicyclic) bond motifs is 1. The van der Waals surface area contributed by atoms with E-state index in [1.165, 1.54) is 6.42 Å². The molecular formula is C20H26N2O4S. The number of amides is 2. The molecule has 7 heteroatoms. The minimum absolute atomic E-state index is 0.0684. The second kappa shape index (κ2) is 8.78. The molecule has 0 spiro atoms. The number of hydrogen-bond donors (Lipinski definition) is 2. The molecule has 0 unspecified atom stereocenters. The van der Waals surface area contributed by atoms with E-state index in [4.69, 9.17) is 4.74 Å². The Bertz CT molecular complexity index is 737. The van der Waals surface area contributed by atoms with Gasteiger partial charge in [0.15, 0.2) is 6.10 Å². The van der Waals surface area contributed by atoms with Crippen molar-refractivity contribution in [3.63, 3.8) is 0 Å². The number of nitrogens with one attached hydrogen (secondary N) is 2. The topological polar surface area (TPSA) is 84.5 Å². The van der Waals surface area contributed by atoms with E-state index in [1.807, 2.05) is 0 Å². The minimum Gasteiger partial charge on any atom is -0.449 e. The van der Waals surface area contributed by atoms with Crippen LogP contribution in [0.4, 0.5) is 5.69 Å². The zero-order valence-electron chi connectivity index (χ0n) is 15.7. The molecule has 0 saturated heterocycles. The molecule has 1 heterocycles. The van der Waals surface area contributed by atoms with Gasteiger partial charge in [0.1, 0.15) is 0 Å². The van der Waals surface area contributed by atoms with Crippen molar-refractivity contribution in [2.75, 3.05) is 11.1 Å². The summed E-state index contributed by atoms with van der Waals surface area (Å²) in [5, 5.41) is 5.82. The van der Waals surface area contributed by atoms with Gasteiger partial charge in [-0.25, -0.2) is 4.79 Å². The predicted molar refractivity (Wildman–Crippen MR) is 105 cm³/mol. The van der Waals surface area contributed by atoms with Crippen LogP contribution in [0.1, 0.15) is 56.3 Å². The van der Waals surface area contributed by atoms with Gasteiger partial charge in [0, 0.05) is 23.1 Å². The first-order valence-electron chi connectivity index (χ1n) is 9.52. The number of rotatable bonds is 4. The van der Waals surface area contributed by atoms with E-state index in [9.17, 15) is 14.4 Å². The standard InChI is InChI=1S/C20H26N2O4S/c1-12-5-3-4-6-15(12)22-19(24)13(2)26-20(25)14-7-8-17-16(11-14)21-18(23)9-10-27-17/h7-8,11-13,15H,3-6,9-10H2,1-2H3,(H,21,23)(H,22,24)/t12-,13-,15-/m1/s1. The Kier molecular flexibility index (Phi) is 6.42. The molecule has 1 saturated carbocycles. The molecule has 146 valence electrons. The van der Waals surface area contributed by atoms with Crippen LogP contribution in [0, 0.1) is 5.92 Å². The van der Waals surface area contributed by atoms with E-state index >= 15 is 0 Å². The summed E-state index contributed by atoms with van der Waals surface area (Å²) in [5.41, 5.74) is 0.937. The Balaban J connectivity index is 1.61. The number of benzene rings is 1. The van der Waals surface area contributed by atoms with Gasteiger partial charge in [0.25, 0.3) is 5.91 Å². The second-order valence-electron chi connectivity index (χ2n) is 7.28. The highest BCUT2D eigenvalue weighted by atomic mass is 32.2. The van der Waals surface area contributed by atoms with Crippen molar-refractivity contribution in [3.8, 4) is 0 Å². The third kappa shape index (κ3) is 5.03. The molecule has 1 aliphatic heterocycles. The number of ether oxygens (including phenoxy) is 1. The van der Waals surface area contributed by atoms with Gasteiger partial charge in [0.2, 0.25) is 5.91 Å². The normalized spacial score (nSPS) is 23.4. The highest BCUT2D eigenvalue weighted by Gasteiger charge is 2.27. The number of hydrogen-bond acceptors (Lipinski definition) is 5. The third-order valence-electron chi connectivity index (χ3n) is 5.17. The zero-order chi connectivity index (χ0) is 19.4. The highest BCUT2D eigenvalue weighted by molar-refractivity contribution is 7.99. The highest BCUT2D eigenvalue weighted by Crippen LogP contribution is 2.31. The van der Waals surface area contributed by atoms with Crippen molar-refractivity contribution in [1.29, 1.82) is 0 Å². The van der Waals surface area contributed by atoms with E-state index in [0.29, 0.717) is 29.3 Å². The van der Waals surface area contributed by atoms with Gasteiger partial charge in [-0.15, -0.1) is 11.8 Å². The molecule has 0 radical (unpaired) electrons. The molecule has 3 rings (SSSR count). The minimum atomic E-state index is -0.866. The SMILES string of the molecule is C[C@@H]1CCCC[C@H]1NC(=O)[C@@H](C)OC(=O)c1ccc2c(c1)NC(=O)CCS2. The summed E-state index contributed by atoms with van der Waals surface area (Å²) in [6.07, 6.45) is 3.96. The van der Waals surface area contributed by atoms with Crippen molar-refractivity contribution in [3.05, 3.63) is 23.8 Å². The fraction of sp³-hybridized carbons (Fsp3) is 0.550. The number of carbonyl (C=O) groups excluding carboxylic acids is 3. The monoisotopic (exact) mass is 390 g/mol. The first-order valence-corrected chi connectivity index (χ1v) is 10.5. The van der Waals surface area contributed by atoms with Gasteiger partial charge in [-0.05, 0) is 43.9 Å². The molecule has 6 nitrogen and oxygen atoms in total. The fourth-order valence-corrected chi connectivity index (χ4v) is 4.40. The lowest BCUT2D eigenvalue weighted by atomic mass is 9.86. The van der Waals surface area contributed by atoms with E-state index in [0.717, 1.165) is 24.2 Å². The van der Waals surface area contributed by atoms with Crippen LogP contribution >= 0.6 is 11.8 Å². The maximum absolute atomic E-state index is 12.4. The summed E-state index contributed by atoms with van der Waals surface area (Å²) in [6, 6.07) is 5.23. The lowest BCUT2D eigenvalue weighted by Crippen LogP contribution is -2.45. The molecule has 27 heavy (non-hydrogen) atoms. The average molecular weight is 391 g/mol.